The molecule has 0 amide bonds. The summed E-state index contributed by atoms with van der Waals surface area (Å²) in [6, 6.07) is 4.59. The Labute approximate surface area is 91.3 Å². The van der Waals surface area contributed by atoms with E-state index in [0.717, 1.165) is 12.1 Å². The molecule has 0 atom stereocenters. The Hall–Kier alpha value is -1.36. The second kappa shape index (κ2) is 5.12. The molecule has 16 heavy (non-hydrogen) atoms. The van der Waals surface area contributed by atoms with Crippen LogP contribution in [0.4, 0.5) is 13.2 Å². The highest BCUT2D eigenvalue weighted by Crippen LogP contribution is 2.29. The van der Waals surface area contributed by atoms with Gasteiger partial charge in [-0.3, -0.25) is 4.79 Å². The van der Waals surface area contributed by atoms with Gasteiger partial charge in [-0.05, 0) is 24.2 Å². The normalized spacial score (nSPS) is 11.5. The topological polar surface area (TPSA) is 43.1 Å². The van der Waals surface area contributed by atoms with E-state index in [1.807, 2.05) is 0 Å². The van der Waals surface area contributed by atoms with Crippen LogP contribution in [0.2, 0.25) is 0 Å². The highest BCUT2D eigenvalue weighted by molar-refractivity contribution is 5.80. The Balaban J connectivity index is 2.69. The maximum absolute atomic E-state index is 12.2. The van der Waals surface area contributed by atoms with Crippen molar-refractivity contribution in [2.45, 2.75) is 19.0 Å². The van der Waals surface area contributed by atoms with E-state index in [1.165, 1.54) is 12.1 Å². The standard InChI is InChI=1S/C11H12F3NO/c12-11(13,14)9-3-1-8(2-4-9)7-10(16)5-6-15/h1-4H,5-7,15H2. The first-order valence-corrected chi connectivity index (χ1v) is 4.81. The third-order valence-corrected chi connectivity index (χ3v) is 2.11. The van der Waals surface area contributed by atoms with Crippen LogP contribution in [0.3, 0.4) is 0 Å². The van der Waals surface area contributed by atoms with Gasteiger partial charge in [0, 0.05) is 12.8 Å². The molecular formula is C11H12F3NO. The molecule has 0 bridgehead atoms. The van der Waals surface area contributed by atoms with Crippen LogP contribution in [0.1, 0.15) is 17.5 Å². The number of alkyl halides is 3. The lowest BCUT2D eigenvalue weighted by Crippen LogP contribution is -2.10. The molecule has 0 saturated heterocycles. The van der Waals surface area contributed by atoms with Crippen molar-refractivity contribution in [3.05, 3.63) is 35.4 Å². The van der Waals surface area contributed by atoms with Crippen LogP contribution < -0.4 is 5.73 Å². The summed E-state index contributed by atoms with van der Waals surface area (Å²) in [7, 11) is 0. The van der Waals surface area contributed by atoms with Crippen molar-refractivity contribution < 1.29 is 18.0 Å². The SMILES string of the molecule is NCCC(=O)Cc1ccc(C(F)(F)F)cc1. The molecule has 0 aliphatic rings. The van der Waals surface area contributed by atoms with E-state index in [4.69, 9.17) is 5.73 Å². The van der Waals surface area contributed by atoms with E-state index in [0.29, 0.717) is 5.56 Å². The lowest BCUT2D eigenvalue weighted by molar-refractivity contribution is -0.137. The summed E-state index contributed by atoms with van der Waals surface area (Å²) >= 11 is 0. The molecule has 1 rings (SSSR count). The molecule has 0 aromatic heterocycles. The summed E-state index contributed by atoms with van der Waals surface area (Å²) in [6.07, 6.45) is -3.95. The van der Waals surface area contributed by atoms with Crippen molar-refractivity contribution in [1.29, 1.82) is 0 Å². The van der Waals surface area contributed by atoms with Crippen LogP contribution in [0, 0.1) is 0 Å². The molecule has 88 valence electrons. The van der Waals surface area contributed by atoms with Gasteiger partial charge >= 0.3 is 6.18 Å². The van der Waals surface area contributed by atoms with Gasteiger partial charge in [-0.1, -0.05) is 12.1 Å². The number of halogens is 3. The van der Waals surface area contributed by atoms with Gasteiger partial charge in [-0.15, -0.1) is 0 Å². The van der Waals surface area contributed by atoms with Crippen molar-refractivity contribution >= 4 is 5.78 Å². The minimum atomic E-state index is -4.33. The smallest absolute Gasteiger partial charge is 0.330 e. The molecule has 0 heterocycles. The first kappa shape index (κ1) is 12.7. The number of hydrogen-bond donors (Lipinski definition) is 1. The fourth-order valence-corrected chi connectivity index (χ4v) is 1.29. The molecular weight excluding hydrogens is 219 g/mol. The predicted octanol–water partition coefficient (Wildman–Crippen LogP) is 2.17. The zero-order valence-electron chi connectivity index (χ0n) is 8.55. The highest BCUT2D eigenvalue weighted by atomic mass is 19.4. The van der Waals surface area contributed by atoms with E-state index in [2.05, 4.69) is 0 Å². The summed E-state index contributed by atoms with van der Waals surface area (Å²) in [5.74, 6) is -0.0674. The lowest BCUT2D eigenvalue weighted by Gasteiger charge is -2.07. The lowest BCUT2D eigenvalue weighted by atomic mass is 10.1. The summed E-state index contributed by atoms with van der Waals surface area (Å²) in [5, 5.41) is 0. The van der Waals surface area contributed by atoms with Crippen molar-refractivity contribution in [1.82, 2.24) is 0 Å². The molecule has 0 saturated carbocycles. The molecule has 1 aromatic carbocycles. The van der Waals surface area contributed by atoms with E-state index in [1.54, 1.807) is 0 Å². The maximum Gasteiger partial charge on any atom is 0.416 e. The number of nitrogens with two attached hydrogens (primary N) is 1. The van der Waals surface area contributed by atoms with Crippen molar-refractivity contribution in [3.63, 3.8) is 0 Å². The molecule has 1 aromatic rings. The summed E-state index contributed by atoms with van der Waals surface area (Å²) in [5.41, 5.74) is 5.06. The summed E-state index contributed by atoms with van der Waals surface area (Å²) < 4.78 is 36.7. The number of carbonyl (C=O) groups excluding carboxylic acids is 1. The zero-order valence-corrected chi connectivity index (χ0v) is 8.55. The molecule has 0 unspecified atom stereocenters. The van der Waals surface area contributed by atoms with Gasteiger partial charge in [0.15, 0.2) is 0 Å². The van der Waals surface area contributed by atoms with Gasteiger partial charge in [0.2, 0.25) is 0 Å². The van der Waals surface area contributed by atoms with Gasteiger partial charge < -0.3 is 5.73 Å². The quantitative estimate of drug-likeness (QED) is 0.862. The Bertz CT molecular complexity index is 356. The monoisotopic (exact) mass is 231 g/mol. The number of hydrogen-bond acceptors (Lipinski definition) is 2. The summed E-state index contributed by atoms with van der Waals surface area (Å²) in [4.78, 5) is 11.2. The third-order valence-electron chi connectivity index (χ3n) is 2.11. The van der Waals surface area contributed by atoms with Crippen molar-refractivity contribution in [2.75, 3.05) is 6.54 Å². The Morgan fingerprint density at radius 3 is 2.19 bits per heavy atom. The molecule has 2 nitrogen and oxygen atoms in total. The van der Waals surface area contributed by atoms with Gasteiger partial charge in [0.25, 0.3) is 0 Å². The Morgan fingerprint density at radius 1 is 1.19 bits per heavy atom. The van der Waals surface area contributed by atoms with E-state index in [9.17, 15) is 18.0 Å². The molecule has 0 radical (unpaired) electrons. The number of rotatable bonds is 4. The van der Waals surface area contributed by atoms with E-state index < -0.39 is 11.7 Å². The Kier molecular flexibility index (Phi) is 4.06. The molecule has 0 aliphatic carbocycles. The van der Waals surface area contributed by atoms with Crippen LogP contribution in [-0.2, 0) is 17.4 Å². The second-order valence-corrected chi connectivity index (χ2v) is 3.45. The third kappa shape index (κ3) is 3.66. The number of carbonyl (C=O) groups is 1. The molecule has 5 heteroatoms. The minimum Gasteiger partial charge on any atom is -0.330 e. The van der Waals surface area contributed by atoms with Crippen LogP contribution in [0.5, 0.6) is 0 Å². The number of benzene rings is 1. The summed E-state index contributed by atoms with van der Waals surface area (Å²) in [6.45, 7) is 0.263. The molecule has 0 spiro atoms. The van der Waals surface area contributed by atoms with Gasteiger partial charge in [-0.25, -0.2) is 0 Å². The van der Waals surface area contributed by atoms with Crippen LogP contribution in [-0.4, -0.2) is 12.3 Å². The highest BCUT2D eigenvalue weighted by Gasteiger charge is 2.29. The van der Waals surface area contributed by atoms with Crippen LogP contribution in [0.25, 0.3) is 0 Å². The zero-order chi connectivity index (χ0) is 12.2. The average Bonchev–Trinajstić information content (AvgIpc) is 2.17. The number of ketones is 1. The first-order chi connectivity index (χ1) is 7.43. The fraction of sp³-hybridized carbons (Fsp3) is 0.364. The minimum absolute atomic E-state index is 0.0674. The van der Waals surface area contributed by atoms with Gasteiger partial charge in [0.05, 0.1) is 5.56 Å². The second-order valence-electron chi connectivity index (χ2n) is 3.45. The largest absolute Gasteiger partial charge is 0.416 e. The first-order valence-electron chi connectivity index (χ1n) is 4.81. The fourth-order valence-electron chi connectivity index (χ4n) is 1.29. The molecule has 0 aliphatic heterocycles. The maximum atomic E-state index is 12.2. The average molecular weight is 231 g/mol. The van der Waals surface area contributed by atoms with Gasteiger partial charge in [0.1, 0.15) is 5.78 Å². The van der Waals surface area contributed by atoms with Crippen molar-refractivity contribution in [2.24, 2.45) is 5.73 Å². The van der Waals surface area contributed by atoms with Gasteiger partial charge in [-0.2, -0.15) is 13.2 Å². The molecule has 2 N–H and O–H groups in total. The molecule has 0 fully saturated rings. The van der Waals surface area contributed by atoms with Crippen LogP contribution >= 0.6 is 0 Å². The number of Topliss-reactive ketones (excluding diaryl/α,β-unsaturated/α-hetero) is 1. The predicted molar refractivity (Wildman–Crippen MR) is 53.8 cm³/mol. The van der Waals surface area contributed by atoms with E-state index >= 15 is 0 Å². The van der Waals surface area contributed by atoms with E-state index in [-0.39, 0.29) is 25.2 Å². The van der Waals surface area contributed by atoms with Crippen molar-refractivity contribution in [3.8, 4) is 0 Å². The Morgan fingerprint density at radius 2 is 1.75 bits per heavy atom. The van der Waals surface area contributed by atoms with Crippen LogP contribution in [0.15, 0.2) is 24.3 Å².